The summed E-state index contributed by atoms with van der Waals surface area (Å²) in [6.45, 7) is 3.32. The normalized spacial score (nSPS) is 13.3. The predicted octanol–water partition coefficient (Wildman–Crippen LogP) is 10.1. The van der Waals surface area contributed by atoms with Crippen LogP contribution in [-0.2, 0) is 17.8 Å². The summed E-state index contributed by atoms with van der Waals surface area (Å²) < 4.78 is 4.77. The van der Waals surface area contributed by atoms with Crippen LogP contribution in [0.4, 0.5) is 21.0 Å². The molecule has 64 heavy (non-hydrogen) atoms. The first-order valence-corrected chi connectivity index (χ1v) is 21.5. The van der Waals surface area contributed by atoms with Crippen LogP contribution in [-0.4, -0.2) is 73.4 Å². The lowest BCUT2D eigenvalue weighted by Crippen LogP contribution is -2.44. The van der Waals surface area contributed by atoms with Gasteiger partial charge in [0, 0.05) is 43.1 Å². The van der Waals surface area contributed by atoms with Crippen LogP contribution in [0.1, 0.15) is 55.8 Å². The highest BCUT2D eigenvalue weighted by Gasteiger charge is 2.26. The van der Waals surface area contributed by atoms with Gasteiger partial charge in [0.15, 0.2) is 5.78 Å². The number of nitrogens with zero attached hydrogens (tertiary/aromatic N) is 4. The maximum absolute atomic E-state index is 13.5. The average molecular weight is 852 g/mol. The van der Waals surface area contributed by atoms with E-state index in [9.17, 15) is 19.2 Å². The largest absolute Gasteiger partial charge is 0.465 e. The molecule has 0 aromatic heterocycles. The summed E-state index contributed by atoms with van der Waals surface area (Å²) in [5.74, 6) is -0.469. The standard InChI is InChI=1S/C27H27N3O2.C27H26N2O3/c28-19-26(31)24-13-11-21(12-14-24)20-30(25-9-5-2-6-10-25)27(32)29-17-15-23(16-18-29)22-7-3-1-4-8-22;1-32-26(30)24-14-12-21(13-15-24)20-29(25-10-6-3-7-11-25)27(31)28-18-16-23(17-19-28)22-8-4-2-5-9-22/h1-15H,16-20,28H2;2-16H,17-20H2,1H3. The van der Waals surface area contributed by atoms with Gasteiger partial charge in [-0.2, -0.15) is 0 Å². The molecular formula is C54H53N5O5. The Morgan fingerprint density at radius 2 is 0.891 bits per heavy atom. The molecule has 0 saturated heterocycles. The van der Waals surface area contributed by atoms with Gasteiger partial charge in [0.2, 0.25) is 0 Å². The average Bonchev–Trinajstić information content (AvgIpc) is 3.38. The fourth-order valence-electron chi connectivity index (χ4n) is 7.75. The summed E-state index contributed by atoms with van der Waals surface area (Å²) in [4.78, 5) is 57.9. The van der Waals surface area contributed by atoms with Crippen molar-refractivity contribution in [3.05, 3.63) is 215 Å². The van der Waals surface area contributed by atoms with Crippen molar-refractivity contribution in [2.24, 2.45) is 5.73 Å². The summed E-state index contributed by atoms with van der Waals surface area (Å²) in [6, 6.07) is 54.4. The number of para-hydroxylation sites is 2. The summed E-state index contributed by atoms with van der Waals surface area (Å²) in [5, 5.41) is 0. The Morgan fingerprint density at radius 1 is 0.516 bits per heavy atom. The number of nitrogens with two attached hydrogens (primary N) is 1. The summed E-state index contributed by atoms with van der Waals surface area (Å²) in [6.07, 6.45) is 5.94. The monoisotopic (exact) mass is 851 g/mol. The number of ether oxygens (including phenoxy) is 1. The molecular weight excluding hydrogens is 799 g/mol. The zero-order chi connectivity index (χ0) is 44.7. The van der Waals surface area contributed by atoms with Gasteiger partial charge in [-0.15, -0.1) is 0 Å². The minimum Gasteiger partial charge on any atom is -0.465 e. The third kappa shape index (κ3) is 11.5. The summed E-state index contributed by atoms with van der Waals surface area (Å²) in [5.41, 5.74) is 15.1. The first kappa shape index (κ1) is 44.5. The van der Waals surface area contributed by atoms with Crippen molar-refractivity contribution in [3.8, 4) is 0 Å². The summed E-state index contributed by atoms with van der Waals surface area (Å²) >= 11 is 0. The lowest BCUT2D eigenvalue weighted by Gasteiger charge is -2.33. The van der Waals surface area contributed by atoms with Crippen molar-refractivity contribution in [2.45, 2.75) is 25.9 Å². The number of rotatable bonds is 11. The van der Waals surface area contributed by atoms with Crippen LogP contribution in [0.2, 0.25) is 0 Å². The van der Waals surface area contributed by atoms with Gasteiger partial charge in [0.25, 0.3) is 0 Å². The van der Waals surface area contributed by atoms with Crippen LogP contribution in [0.3, 0.4) is 0 Å². The summed E-state index contributed by atoms with van der Waals surface area (Å²) in [7, 11) is 1.36. The van der Waals surface area contributed by atoms with Gasteiger partial charge in [-0.3, -0.25) is 14.6 Å². The third-order valence-electron chi connectivity index (χ3n) is 11.4. The van der Waals surface area contributed by atoms with Crippen molar-refractivity contribution in [1.29, 1.82) is 0 Å². The Kier molecular flexibility index (Phi) is 15.3. The molecule has 4 amide bonds. The second kappa shape index (κ2) is 22.0. The van der Waals surface area contributed by atoms with Crippen LogP contribution in [0.25, 0.3) is 11.1 Å². The van der Waals surface area contributed by atoms with Crippen molar-refractivity contribution in [1.82, 2.24) is 9.80 Å². The van der Waals surface area contributed by atoms with E-state index in [1.807, 2.05) is 131 Å². The molecule has 10 nitrogen and oxygen atoms in total. The fraction of sp³-hybridized carbons (Fsp3) is 0.185. The van der Waals surface area contributed by atoms with E-state index in [1.54, 1.807) is 34.1 Å². The molecule has 2 N–H and O–H groups in total. The van der Waals surface area contributed by atoms with Gasteiger partial charge in [0.1, 0.15) is 0 Å². The van der Waals surface area contributed by atoms with Crippen LogP contribution in [0.5, 0.6) is 0 Å². The number of carbonyl (C=O) groups is 4. The van der Waals surface area contributed by atoms with E-state index in [0.29, 0.717) is 50.4 Å². The second-order valence-corrected chi connectivity index (χ2v) is 15.5. The molecule has 2 heterocycles. The molecule has 6 aromatic carbocycles. The molecule has 0 aliphatic carbocycles. The number of carbonyl (C=O) groups excluding carboxylic acids is 4. The highest BCUT2D eigenvalue weighted by Crippen LogP contribution is 2.27. The van der Waals surface area contributed by atoms with E-state index in [1.165, 1.54) is 29.4 Å². The minimum absolute atomic E-state index is 0.0125. The van der Waals surface area contributed by atoms with Gasteiger partial charge in [-0.1, -0.05) is 146 Å². The molecule has 0 atom stereocenters. The number of hydrogen-bond donors (Lipinski definition) is 1. The molecule has 0 spiro atoms. The Bertz CT molecular complexity index is 2370. The van der Waals surface area contributed by atoms with Gasteiger partial charge < -0.3 is 20.3 Å². The molecule has 0 radical (unpaired) electrons. The number of ketones is 1. The number of esters is 1. The smallest absolute Gasteiger partial charge is 0.337 e. The quantitative estimate of drug-likeness (QED) is 0.103. The van der Waals surface area contributed by atoms with Crippen LogP contribution < -0.4 is 15.5 Å². The lowest BCUT2D eigenvalue weighted by atomic mass is 10.00. The first-order valence-electron chi connectivity index (χ1n) is 21.5. The fourth-order valence-corrected chi connectivity index (χ4v) is 7.75. The molecule has 8 rings (SSSR count). The number of methoxy groups -OCH3 is 1. The molecule has 0 unspecified atom stereocenters. The SMILES string of the molecule is COC(=O)c1ccc(CN(C(=O)N2CC=C(c3ccccc3)CC2)c2ccccc2)cc1.NCC(=O)c1ccc(CN(C(=O)N2CC=C(c3ccccc3)CC2)c2ccccc2)cc1. The Labute approximate surface area is 375 Å². The molecule has 2 aliphatic heterocycles. The number of benzene rings is 6. The van der Waals surface area contributed by atoms with Crippen molar-refractivity contribution in [3.63, 3.8) is 0 Å². The van der Waals surface area contributed by atoms with Crippen LogP contribution in [0.15, 0.2) is 182 Å². The van der Waals surface area contributed by atoms with E-state index in [-0.39, 0.29) is 30.4 Å². The zero-order valence-corrected chi connectivity index (χ0v) is 36.1. The molecule has 6 aromatic rings. The molecule has 0 bridgehead atoms. The number of hydrogen-bond acceptors (Lipinski definition) is 6. The van der Waals surface area contributed by atoms with Crippen LogP contribution >= 0.6 is 0 Å². The lowest BCUT2D eigenvalue weighted by molar-refractivity contribution is 0.0600. The number of Topliss-reactive ketones (excluding diaryl/α,β-unsaturated/α-hetero) is 1. The van der Waals surface area contributed by atoms with E-state index in [0.717, 1.165) is 35.3 Å². The number of anilines is 2. The molecule has 0 saturated carbocycles. The molecule has 0 fully saturated rings. The van der Waals surface area contributed by atoms with E-state index < -0.39 is 0 Å². The Balaban J connectivity index is 0.000000191. The maximum Gasteiger partial charge on any atom is 0.337 e. The van der Waals surface area contributed by atoms with Crippen molar-refractivity contribution < 1.29 is 23.9 Å². The second-order valence-electron chi connectivity index (χ2n) is 15.5. The Hall–Kier alpha value is -7.56. The molecule has 10 heteroatoms. The molecule has 324 valence electrons. The third-order valence-corrected chi connectivity index (χ3v) is 11.4. The minimum atomic E-state index is -0.373. The van der Waals surface area contributed by atoms with Gasteiger partial charge in [-0.05, 0) is 82.6 Å². The van der Waals surface area contributed by atoms with Gasteiger partial charge in [0.05, 0.1) is 32.3 Å². The first-order chi connectivity index (χ1) is 31.3. The van der Waals surface area contributed by atoms with Gasteiger partial charge >= 0.3 is 18.0 Å². The topological polar surface area (TPSA) is 116 Å². The highest BCUT2D eigenvalue weighted by atomic mass is 16.5. The molecule has 2 aliphatic rings. The maximum atomic E-state index is 13.5. The predicted molar refractivity (Wildman–Crippen MR) is 255 cm³/mol. The Morgan fingerprint density at radius 3 is 1.23 bits per heavy atom. The van der Waals surface area contributed by atoms with Gasteiger partial charge in [-0.25, -0.2) is 14.4 Å². The zero-order valence-electron chi connectivity index (χ0n) is 36.1. The number of amides is 4. The van der Waals surface area contributed by atoms with Crippen molar-refractivity contribution in [2.75, 3.05) is 49.6 Å². The van der Waals surface area contributed by atoms with Crippen LogP contribution in [0, 0.1) is 0 Å². The van der Waals surface area contributed by atoms with E-state index in [2.05, 4.69) is 36.4 Å². The number of urea groups is 2. The van der Waals surface area contributed by atoms with E-state index in [4.69, 9.17) is 10.5 Å². The van der Waals surface area contributed by atoms with Crippen molar-refractivity contribution >= 4 is 46.3 Å². The highest BCUT2D eigenvalue weighted by molar-refractivity contribution is 5.97. The van der Waals surface area contributed by atoms with E-state index >= 15 is 0 Å².